The zero-order chi connectivity index (χ0) is 21.8. The van der Waals surface area contributed by atoms with Crippen LogP contribution < -0.4 is 20.7 Å². The Bertz CT molecular complexity index is 1150. The number of ether oxygens (including phenoxy) is 1. The lowest BCUT2D eigenvalue weighted by atomic mass is 10.1. The summed E-state index contributed by atoms with van der Waals surface area (Å²) in [6.07, 6.45) is 7.06. The lowest BCUT2D eigenvalue weighted by molar-refractivity contribution is -0.111. The second-order valence-corrected chi connectivity index (χ2v) is 7.53. The van der Waals surface area contributed by atoms with Crippen LogP contribution in [-0.2, 0) is 4.79 Å². The van der Waals surface area contributed by atoms with E-state index >= 15 is 0 Å². The van der Waals surface area contributed by atoms with E-state index in [9.17, 15) is 9.18 Å². The lowest BCUT2D eigenvalue weighted by Gasteiger charge is -2.13. The Morgan fingerprint density at radius 3 is 2.87 bits per heavy atom. The number of amides is 1. The number of nitrogens with one attached hydrogen (secondary N) is 3. The molecule has 1 amide bonds. The minimum atomic E-state index is -0.505. The molecule has 1 saturated carbocycles. The van der Waals surface area contributed by atoms with Crippen LogP contribution in [0.4, 0.5) is 21.6 Å². The van der Waals surface area contributed by atoms with Gasteiger partial charge in [-0.1, -0.05) is 17.7 Å². The van der Waals surface area contributed by atoms with Crippen molar-refractivity contribution in [1.29, 1.82) is 0 Å². The van der Waals surface area contributed by atoms with Gasteiger partial charge in [0.05, 0.1) is 23.3 Å². The predicted molar refractivity (Wildman–Crippen MR) is 120 cm³/mol. The molecule has 1 aliphatic rings. The molecular weight excluding hydrogens is 421 g/mol. The van der Waals surface area contributed by atoms with Crippen LogP contribution in [-0.4, -0.2) is 35.6 Å². The van der Waals surface area contributed by atoms with E-state index in [1.807, 2.05) is 0 Å². The highest BCUT2D eigenvalue weighted by molar-refractivity contribution is 6.31. The van der Waals surface area contributed by atoms with Crippen LogP contribution >= 0.6 is 11.6 Å². The minimum absolute atomic E-state index is 0.000876. The summed E-state index contributed by atoms with van der Waals surface area (Å²) >= 11 is 5.87. The molecule has 0 unspecified atom stereocenters. The Kier molecular flexibility index (Phi) is 6.29. The van der Waals surface area contributed by atoms with E-state index in [1.165, 1.54) is 44.5 Å². The largest absolute Gasteiger partial charge is 0.494 e. The molecule has 9 heteroatoms. The molecule has 160 valence electrons. The van der Waals surface area contributed by atoms with Gasteiger partial charge in [-0.25, -0.2) is 14.4 Å². The first-order valence-corrected chi connectivity index (χ1v) is 10.2. The van der Waals surface area contributed by atoms with Gasteiger partial charge in [0, 0.05) is 35.8 Å². The number of fused-ring (bicyclic) bond motifs is 1. The molecule has 1 aromatic heterocycles. The van der Waals surface area contributed by atoms with Gasteiger partial charge < -0.3 is 20.7 Å². The summed E-state index contributed by atoms with van der Waals surface area (Å²) in [5.74, 6) is 0.177. The van der Waals surface area contributed by atoms with Gasteiger partial charge >= 0.3 is 0 Å². The average Bonchev–Trinajstić information content (AvgIpc) is 3.58. The van der Waals surface area contributed by atoms with E-state index in [-0.39, 0.29) is 10.9 Å². The van der Waals surface area contributed by atoms with E-state index in [4.69, 9.17) is 16.3 Å². The molecule has 7 nitrogen and oxygen atoms in total. The van der Waals surface area contributed by atoms with Crippen LogP contribution in [0.2, 0.25) is 5.02 Å². The molecule has 31 heavy (non-hydrogen) atoms. The van der Waals surface area contributed by atoms with E-state index in [0.717, 1.165) is 0 Å². The number of hydrogen-bond donors (Lipinski definition) is 3. The Balaban J connectivity index is 1.58. The van der Waals surface area contributed by atoms with Crippen molar-refractivity contribution >= 4 is 45.6 Å². The van der Waals surface area contributed by atoms with Gasteiger partial charge in [0.25, 0.3) is 0 Å². The first-order chi connectivity index (χ1) is 15.0. The average molecular weight is 442 g/mol. The maximum absolute atomic E-state index is 13.5. The number of hydrogen-bond acceptors (Lipinski definition) is 6. The Morgan fingerprint density at radius 1 is 1.29 bits per heavy atom. The van der Waals surface area contributed by atoms with E-state index < -0.39 is 5.82 Å². The van der Waals surface area contributed by atoms with Crippen molar-refractivity contribution in [3.05, 3.63) is 59.7 Å². The maximum Gasteiger partial charge on any atom is 0.248 e. The Morgan fingerprint density at radius 2 is 2.13 bits per heavy atom. The highest BCUT2D eigenvalue weighted by Crippen LogP contribution is 2.33. The number of halogens is 2. The van der Waals surface area contributed by atoms with Crippen molar-refractivity contribution < 1.29 is 13.9 Å². The van der Waals surface area contributed by atoms with E-state index in [1.54, 1.807) is 24.3 Å². The molecule has 0 saturated heterocycles. The minimum Gasteiger partial charge on any atom is -0.494 e. The number of rotatable bonds is 8. The fourth-order valence-corrected chi connectivity index (χ4v) is 3.20. The molecule has 0 bridgehead atoms. The van der Waals surface area contributed by atoms with Crippen molar-refractivity contribution in [1.82, 2.24) is 15.3 Å². The van der Waals surface area contributed by atoms with Gasteiger partial charge in [0.1, 0.15) is 23.7 Å². The number of methoxy groups -OCH3 is 1. The zero-order valence-corrected chi connectivity index (χ0v) is 17.5. The maximum atomic E-state index is 13.5. The molecule has 0 atom stereocenters. The standard InChI is InChI=1S/C22H21ClFN5O2/c1-31-20-11-18-15(10-19(20)29-21(30)3-2-8-25-13-4-5-13)22(27-12-26-18)28-14-6-7-17(24)16(23)9-14/h2-3,6-7,9-13,25H,4-5,8H2,1H3,(H,29,30)(H,26,27,28). The summed E-state index contributed by atoms with van der Waals surface area (Å²) in [7, 11) is 1.52. The molecule has 1 heterocycles. The zero-order valence-electron chi connectivity index (χ0n) is 16.8. The third kappa shape index (κ3) is 5.28. The molecule has 1 fully saturated rings. The number of nitrogens with zero attached hydrogens (tertiary/aromatic N) is 2. The highest BCUT2D eigenvalue weighted by Gasteiger charge is 2.19. The van der Waals surface area contributed by atoms with E-state index in [0.29, 0.717) is 46.4 Å². The molecule has 1 aliphatic carbocycles. The van der Waals surface area contributed by atoms with Crippen LogP contribution in [0.5, 0.6) is 5.75 Å². The van der Waals surface area contributed by atoms with Crippen molar-refractivity contribution in [3.8, 4) is 5.75 Å². The van der Waals surface area contributed by atoms with E-state index in [2.05, 4.69) is 25.9 Å². The summed E-state index contributed by atoms with van der Waals surface area (Å²) in [6.45, 7) is 0.648. The molecule has 3 N–H and O–H groups in total. The predicted octanol–water partition coefficient (Wildman–Crippen LogP) is 4.42. The van der Waals surface area contributed by atoms with Crippen LogP contribution in [0, 0.1) is 5.82 Å². The fourth-order valence-electron chi connectivity index (χ4n) is 3.02. The van der Waals surface area contributed by atoms with Gasteiger partial charge in [-0.05, 0) is 37.1 Å². The topological polar surface area (TPSA) is 88.2 Å². The second-order valence-electron chi connectivity index (χ2n) is 7.12. The van der Waals surface area contributed by atoms with Crippen LogP contribution in [0.25, 0.3) is 10.9 Å². The van der Waals surface area contributed by atoms with Gasteiger partial charge in [-0.3, -0.25) is 4.79 Å². The molecular formula is C22H21ClFN5O2. The monoisotopic (exact) mass is 441 g/mol. The number of carbonyl (C=O) groups excluding carboxylic acids is 1. The number of anilines is 3. The van der Waals surface area contributed by atoms with Gasteiger partial charge in [0.2, 0.25) is 5.91 Å². The summed E-state index contributed by atoms with van der Waals surface area (Å²) in [4.78, 5) is 20.9. The molecule has 0 spiro atoms. The SMILES string of the molecule is COc1cc2ncnc(Nc3ccc(F)c(Cl)c3)c2cc1NC(=O)C=CCNC1CC1. The summed E-state index contributed by atoms with van der Waals surface area (Å²) in [5, 5.41) is 9.91. The van der Waals surface area contributed by atoms with Gasteiger partial charge in [-0.2, -0.15) is 0 Å². The molecule has 4 rings (SSSR count). The molecule has 0 radical (unpaired) electrons. The smallest absolute Gasteiger partial charge is 0.248 e. The van der Waals surface area contributed by atoms with Crippen LogP contribution in [0.1, 0.15) is 12.8 Å². The number of benzene rings is 2. The summed E-state index contributed by atoms with van der Waals surface area (Å²) in [5.41, 5.74) is 1.67. The normalized spacial score (nSPS) is 13.5. The van der Waals surface area contributed by atoms with Crippen molar-refractivity contribution in [2.24, 2.45) is 0 Å². The van der Waals surface area contributed by atoms with Gasteiger partial charge in [0.15, 0.2) is 0 Å². The Labute approximate surface area is 183 Å². The molecule has 2 aromatic carbocycles. The lowest BCUT2D eigenvalue weighted by Crippen LogP contribution is -2.16. The first kappa shape index (κ1) is 21.0. The third-order valence-corrected chi connectivity index (χ3v) is 5.06. The van der Waals surface area contributed by atoms with Crippen molar-refractivity contribution in [2.75, 3.05) is 24.3 Å². The second kappa shape index (κ2) is 9.28. The van der Waals surface area contributed by atoms with Crippen molar-refractivity contribution in [2.45, 2.75) is 18.9 Å². The van der Waals surface area contributed by atoms with Crippen LogP contribution in [0.15, 0.2) is 48.8 Å². The van der Waals surface area contributed by atoms with Crippen molar-refractivity contribution in [3.63, 3.8) is 0 Å². The first-order valence-electron chi connectivity index (χ1n) is 9.79. The summed E-state index contributed by atoms with van der Waals surface area (Å²) < 4.78 is 18.9. The third-order valence-electron chi connectivity index (χ3n) is 4.77. The number of aromatic nitrogens is 2. The quantitative estimate of drug-likeness (QED) is 0.448. The molecule has 0 aliphatic heterocycles. The highest BCUT2D eigenvalue weighted by atomic mass is 35.5. The number of carbonyl (C=O) groups is 1. The molecule has 3 aromatic rings. The van der Waals surface area contributed by atoms with Crippen LogP contribution in [0.3, 0.4) is 0 Å². The Hall–Kier alpha value is -3.23. The summed E-state index contributed by atoms with van der Waals surface area (Å²) in [6, 6.07) is 8.33. The fraction of sp³-hybridized carbons (Fsp3) is 0.227. The van der Waals surface area contributed by atoms with Gasteiger partial charge in [-0.15, -0.1) is 0 Å².